The van der Waals surface area contributed by atoms with Crippen molar-refractivity contribution in [3.8, 4) is 0 Å². The molecule has 0 aliphatic carbocycles. The second kappa shape index (κ2) is 9.26. The summed E-state index contributed by atoms with van der Waals surface area (Å²) >= 11 is 1.31. The molecule has 0 N–H and O–H groups in total. The molecule has 0 unspecified atom stereocenters. The second-order valence-corrected chi connectivity index (χ2v) is 8.71. The molecular weight excluding hydrogens is 396 g/mol. The third-order valence-corrected chi connectivity index (χ3v) is 6.47. The normalized spacial score (nSPS) is 14.6. The molecule has 3 aromatic rings. The lowest BCUT2D eigenvalue weighted by atomic mass is 9.90. The Morgan fingerprint density at radius 1 is 1.07 bits per heavy atom. The Labute approximate surface area is 180 Å². The molecule has 1 fully saturated rings. The first-order chi connectivity index (χ1) is 14.6. The van der Waals surface area contributed by atoms with E-state index >= 15 is 0 Å². The summed E-state index contributed by atoms with van der Waals surface area (Å²) < 4.78 is 0. The smallest absolute Gasteiger partial charge is 0.343 e. The van der Waals surface area contributed by atoms with Gasteiger partial charge in [0, 0.05) is 18.0 Å². The van der Waals surface area contributed by atoms with E-state index in [0.717, 1.165) is 42.8 Å². The van der Waals surface area contributed by atoms with Crippen molar-refractivity contribution < 1.29 is 4.92 Å². The van der Waals surface area contributed by atoms with Gasteiger partial charge < -0.3 is 4.90 Å². The molecule has 7 heteroatoms. The fraction of sp³-hybridized carbons (Fsp3) is 0.304. The summed E-state index contributed by atoms with van der Waals surface area (Å²) in [6, 6.07) is 18.4. The number of hydrogen-bond acceptors (Lipinski definition) is 6. The van der Waals surface area contributed by atoms with Crippen molar-refractivity contribution in [3.05, 3.63) is 82.2 Å². The van der Waals surface area contributed by atoms with Crippen LogP contribution < -0.4 is 4.90 Å². The quantitative estimate of drug-likeness (QED) is 0.306. The summed E-state index contributed by atoms with van der Waals surface area (Å²) in [4.78, 5) is 23.1. The van der Waals surface area contributed by atoms with E-state index in [2.05, 4.69) is 34.2 Å². The van der Waals surface area contributed by atoms with E-state index in [-0.39, 0.29) is 10.6 Å². The van der Waals surface area contributed by atoms with Crippen LogP contribution in [0.15, 0.2) is 70.8 Å². The van der Waals surface area contributed by atoms with E-state index in [4.69, 9.17) is 0 Å². The molecular formula is C23H24N4O2S. The molecule has 1 aromatic heterocycles. The SMILES string of the molecule is Cc1ccc(Sc2ncnc(N3CCC(Cc4ccccc4)CC3)c2[N+](=O)[O-])cc1. The van der Waals surface area contributed by atoms with Gasteiger partial charge in [0.05, 0.1) is 4.92 Å². The van der Waals surface area contributed by atoms with E-state index in [1.165, 1.54) is 23.7 Å². The molecule has 0 saturated carbocycles. The van der Waals surface area contributed by atoms with E-state index < -0.39 is 0 Å². The van der Waals surface area contributed by atoms with Crippen molar-refractivity contribution in [2.24, 2.45) is 5.92 Å². The number of benzene rings is 2. The molecule has 1 aliphatic rings. The Hall–Kier alpha value is -2.93. The topological polar surface area (TPSA) is 72.2 Å². The number of rotatable bonds is 6. The third-order valence-electron chi connectivity index (χ3n) is 5.47. The van der Waals surface area contributed by atoms with Gasteiger partial charge in [-0.15, -0.1) is 0 Å². The van der Waals surface area contributed by atoms with Crippen molar-refractivity contribution in [1.29, 1.82) is 0 Å². The maximum absolute atomic E-state index is 11.9. The highest BCUT2D eigenvalue weighted by Gasteiger charge is 2.30. The van der Waals surface area contributed by atoms with Gasteiger partial charge in [-0.05, 0) is 49.8 Å². The average molecular weight is 421 g/mol. The number of aromatic nitrogens is 2. The van der Waals surface area contributed by atoms with Crippen LogP contribution in [0, 0.1) is 23.0 Å². The lowest BCUT2D eigenvalue weighted by molar-refractivity contribution is -0.387. The molecule has 6 nitrogen and oxygen atoms in total. The first-order valence-corrected chi connectivity index (χ1v) is 10.9. The predicted molar refractivity (Wildman–Crippen MR) is 119 cm³/mol. The number of anilines is 1. The molecule has 0 spiro atoms. The summed E-state index contributed by atoms with van der Waals surface area (Å²) in [5, 5.41) is 12.3. The summed E-state index contributed by atoms with van der Waals surface area (Å²) in [7, 11) is 0. The Balaban J connectivity index is 1.50. The molecule has 0 radical (unpaired) electrons. The molecule has 0 bridgehead atoms. The molecule has 2 aromatic carbocycles. The molecule has 2 heterocycles. The minimum atomic E-state index is -0.345. The summed E-state index contributed by atoms with van der Waals surface area (Å²) in [5.74, 6) is 1.02. The molecule has 1 saturated heterocycles. The number of nitro groups is 1. The van der Waals surface area contributed by atoms with Gasteiger partial charge in [-0.2, -0.15) is 0 Å². The Bertz CT molecular complexity index is 1000. The first kappa shape index (κ1) is 20.3. The van der Waals surface area contributed by atoms with Crippen LogP contribution in [0.2, 0.25) is 0 Å². The van der Waals surface area contributed by atoms with Crippen LogP contribution in [0.3, 0.4) is 0 Å². The van der Waals surface area contributed by atoms with E-state index in [1.54, 1.807) is 0 Å². The van der Waals surface area contributed by atoms with Crippen LogP contribution in [0.25, 0.3) is 0 Å². The third kappa shape index (κ3) is 4.79. The molecule has 154 valence electrons. The molecule has 4 rings (SSSR count). The Morgan fingerprint density at radius 3 is 2.43 bits per heavy atom. The van der Waals surface area contributed by atoms with Gasteiger partial charge in [0.2, 0.25) is 5.82 Å². The van der Waals surface area contributed by atoms with E-state index in [0.29, 0.717) is 16.8 Å². The maximum Gasteiger partial charge on any atom is 0.343 e. The van der Waals surface area contributed by atoms with Crippen molar-refractivity contribution in [1.82, 2.24) is 9.97 Å². The predicted octanol–water partition coefficient (Wildman–Crippen LogP) is 5.30. The van der Waals surface area contributed by atoms with Gasteiger partial charge >= 0.3 is 5.69 Å². The number of piperidine rings is 1. The standard InChI is InChI=1S/C23H24N4O2S/c1-17-7-9-20(10-8-17)30-23-21(27(28)29)22(24-16-25-23)26-13-11-19(12-14-26)15-18-5-3-2-4-6-18/h2-10,16,19H,11-15H2,1H3. The minimum absolute atomic E-state index is 0.00424. The highest BCUT2D eigenvalue weighted by molar-refractivity contribution is 7.99. The van der Waals surface area contributed by atoms with Crippen molar-refractivity contribution in [2.75, 3.05) is 18.0 Å². The second-order valence-electron chi connectivity index (χ2n) is 7.64. The molecule has 0 amide bonds. The Morgan fingerprint density at radius 2 is 1.77 bits per heavy atom. The summed E-state index contributed by atoms with van der Waals surface area (Å²) in [5.41, 5.74) is 2.50. The average Bonchev–Trinajstić information content (AvgIpc) is 2.76. The monoisotopic (exact) mass is 420 g/mol. The lowest BCUT2D eigenvalue weighted by Crippen LogP contribution is -2.35. The van der Waals surface area contributed by atoms with Crippen LogP contribution in [0.4, 0.5) is 11.5 Å². The van der Waals surface area contributed by atoms with Gasteiger partial charge in [-0.25, -0.2) is 9.97 Å². The van der Waals surface area contributed by atoms with Crippen LogP contribution in [0.1, 0.15) is 24.0 Å². The first-order valence-electron chi connectivity index (χ1n) is 10.1. The number of nitrogens with zero attached hydrogens (tertiary/aromatic N) is 4. The molecule has 30 heavy (non-hydrogen) atoms. The summed E-state index contributed by atoms with van der Waals surface area (Å²) in [6.45, 7) is 3.55. The molecule has 1 aliphatic heterocycles. The van der Waals surface area contributed by atoms with E-state index in [1.807, 2.05) is 42.2 Å². The van der Waals surface area contributed by atoms with Gasteiger partial charge in [-0.1, -0.05) is 59.8 Å². The van der Waals surface area contributed by atoms with Gasteiger partial charge in [0.1, 0.15) is 6.33 Å². The number of aryl methyl sites for hydroxylation is 1. The summed E-state index contributed by atoms with van der Waals surface area (Å²) in [6.07, 6.45) is 4.48. The van der Waals surface area contributed by atoms with Crippen LogP contribution in [-0.4, -0.2) is 28.0 Å². The maximum atomic E-state index is 11.9. The van der Waals surface area contributed by atoms with Crippen molar-refractivity contribution in [3.63, 3.8) is 0 Å². The largest absolute Gasteiger partial charge is 0.351 e. The zero-order chi connectivity index (χ0) is 20.9. The van der Waals surface area contributed by atoms with Gasteiger partial charge in [0.15, 0.2) is 5.03 Å². The zero-order valence-electron chi connectivity index (χ0n) is 16.9. The van der Waals surface area contributed by atoms with E-state index in [9.17, 15) is 10.1 Å². The highest BCUT2D eigenvalue weighted by Crippen LogP contribution is 2.39. The van der Waals surface area contributed by atoms with Crippen LogP contribution in [-0.2, 0) is 6.42 Å². The fourth-order valence-electron chi connectivity index (χ4n) is 3.83. The van der Waals surface area contributed by atoms with Crippen LogP contribution in [0.5, 0.6) is 0 Å². The fourth-order valence-corrected chi connectivity index (χ4v) is 4.69. The molecule has 0 atom stereocenters. The lowest BCUT2D eigenvalue weighted by Gasteiger charge is -2.32. The zero-order valence-corrected chi connectivity index (χ0v) is 17.7. The van der Waals surface area contributed by atoms with Gasteiger partial charge in [-0.3, -0.25) is 10.1 Å². The Kier molecular flexibility index (Phi) is 6.28. The minimum Gasteiger partial charge on any atom is -0.351 e. The highest BCUT2D eigenvalue weighted by atomic mass is 32.2. The van der Waals surface area contributed by atoms with Crippen LogP contribution >= 0.6 is 11.8 Å². The number of hydrogen-bond donors (Lipinski definition) is 0. The van der Waals surface area contributed by atoms with Crippen molar-refractivity contribution in [2.45, 2.75) is 36.1 Å². The van der Waals surface area contributed by atoms with Gasteiger partial charge in [0.25, 0.3) is 0 Å². The van der Waals surface area contributed by atoms with Crippen molar-refractivity contribution >= 4 is 23.3 Å².